The lowest BCUT2D eigenvalue weighted by atomic mass is 10.1. The number of rotatable bonds is 23. The zero-order valence-electron chi connectivity index (χ0n) is 22.5. The number of likely N-dealkylation sites (N-methyl/N-ethyl adjacent to an activating group) is 1. The van der Waals surface area contributed by atoms with Gasteiger partial charge in [0.05, 0.1) is 19.8 Å². The van der Waals surface area contributed by atoms with Crippen molar-refractivity contribution >= 4 is 11.9 Å². The minimum Gasteiger partial charge on any atom is -0.480 e. The third-order valence-electron chi connectivity index (χ3n) is 5.70. The second kappa shape index (κ2) is 28.8. The van der Waals surface area contributed by atoms with Crippen molar-refractivity contribution in [3.05, 3.63) is 12.2 Å². The van der Waals surface area contributed by atoms with E-state index in [1.807, 2.05) is 0 Å². The highest BCUT2D eigenvalue weighted by atomic mass is 16.4. The molecule has 0 saturated carbocycles. The molecule has 0 saturated heterocycles. The highest BCUT2D eigenvalue weighted by Crippen LogP contribution is 2.10. The van der Waals surface area contributed by atoms with Gasteiger partial charge in [-0.25, -0.2) is 0 Å². The summed E-state index contributed by atoms with van der Waals surface area (Å²) in [7, 11) is 1.55. The number of allylic oxidation sites excluding steroid dienone is 2. The summed E-state index contributed by atoms with van der Waals surface area (Å²) < 4.78 is 0. The molecule has 0 spiro atoms. The van der Waals surface area contributed by atoms with Crippen molar-refractivity contribution in [1.82, 2.24) is 9.80 Å². The largest absolute Gasteiger partial charge is 0.480 e. The molecule has 0 radical (unpaired) electrons. The van der Waals surface area contributed by atoms with Crippen LogP contribution in [0.15, 0.2) is 12.2 Å². The first-order valence-electron chi connectivity index (χ1n) is 13.6. The molecule has 0 atom stereocenters. The van der Waals surface area contributed by atoms with E-state index >= 15 is 0 Å². The summed E-state index contributed by atoms with van der Waals surface area (Å²) in [5, 5.41) is 34.1. The number of aliphatic hydroxyl groups is 3. The molecule has 0 aliphatic rings. The number of unbranched alkanes of at least 4 members (excludes halogenated alkanes) is 11. The van der Waals surface area contributed by atoms with Gasteiger partial charge in [-0.3, -0.25) is 14.5 Å². The van der Waals surface area contributed by atoms with Crippen molar-refractivity contribution in [3.63, 3.8) is 0 Å². The van der Waals surface area contributed by atoms with Crippen LogP contribution in [0.2, 0.25) is 0 Å². The number of carboxylic acids is 1. The van der Waals surface area contributed by atoms with Crippen LogP contribution in [0.1, 0.15) is 96.8 Å². The summed E-state index contributed by atoms with van der Waals surface area (Å²) in [4.78, 5) is 25.3. The second-order valence-corrected chi connectivity index (χ2v) is 8.99. The number of amides is 1. The van der Waals surface area contributed by atoms with Gasteiger partial charge in [-0.15, -0.1) is 0 Å². The third kappa shape index (κ3) is 28.6. The first-order valence-corrected chi connectivity index (χ1v) is 13.6. The van der Waals surface area contributed by atoms with E-state index in [2.05, 4.69) is 19.1 Å². The van der Waals surface area contributed by atoms with Gasteiger partial charge in [-0.2, -0.15) is 0 Å². The molecule has 0 rings (SSSR count). The second-order valence-electron chi connectivity index (χ2n) is 8.99. The lowest BCUT2D eigenvalue weighted by molar-refractivity contribution is -0.143. The van der Waals surface area contributed by atoms with Crippen LogP contribution in [0.25, 0.3) is 0 Å². The Labute approximate surface area is 214 Å². The maximum atomic E-state index is 11.7. The van der Waals surface area contributed by atoms with Crippen LogP contribution in [0.4, 0.5) is 0 Å². The van der Waals surface area contributed by atoms with Crippen LogP contribution in [0.5, 0.6) is 0 Å². The summed E-state index contributed by atoms with van der Waals surface area (Å²) in [5.74, 6) is -1.03. The molecular weight excluding hydrogens is 448 g/mol. The zero-order chi connectivity index (χ0) is 26.6. The van der Waals surface area contributed by atoms with Crippen molar-refractivity contribution in [1.29, 1.82) is 0 Å². The van der Waals surface area contributed by atoms with E-state index < -0.39 is 5.97 Å². The molecule has 0 fully saturated rings. The minimum atomic E-state index is -0.958. The fraction of sp³-hybridized carbons (Fsp3) is 0.852. The Hall–Kier alpha value is -1.48. The van der Waals surface area contributed by atoms with Gasteiger partial charge in [0.2, 0.25) is 5.91 Å². The fourth-order valence-corrected chi connectivity index (χ4v) is 3.59. The minimum absolute atomic E-state index is 0.0694. The molecule has 8 heteroatoms. The van der Waals surface area contributed by atoms with E-state index in [0.29, 0.717) is 26.1 Å². The monoisotopic (exact) mass is 502 g/mol. The highest BCUT2D eigenvalue weighted by Gasteiger charge is 2.11. The van der Waals surface area contributed by atoms with Gasteiger partial charge in [-0.05, 0) is 32.1 Å². The summed E-state index contributed by atoms with van der Waals surface area (Å²) >= 11 is 0. The molecule has 0 heterocycles. The quantitative estimate of drug-likeness (QED) is 0.124. The van der Waals surface area contributed by atoms with Crippen LogP contribution >= 0.6 is 0 Å². The van der Waals surface area contributed by atoms with Crippen molar-refractivity contribution in [2.45, 2.75) is 96.8 Å². The number of aliphatic carboxylic acids is 1. The SMILES string of the molecule is CCCCCCCC/C=C\CCCCCCCC(=O)N(C)CC(=O)O.OCCN(CCO)CCO. The Morgan fingerprint density at radius 1 is 0.686 bits per heavy atom. The number of carbonyl (C=O) groups excluding carboxylic acids is 1. The molecule has 0 aliphatic heterocycles. The normalized spacial score (nSPS) is 11.0. The molecule has 208 valence electrons. The van der Waals surface area contributed by atoms with Crippen LogP contribution in [-0.2, 0) is 9.59 Å². The van der Waals surface area contributed by atoms with E-state index in [-0.39, 0.29) is 32.3 Å². The van der Waals surface area contributed by atoms with E-state index in [1.165, 1.54) is 62.7 Å². The molecule has 0 aromatic heterocycles. The van der Waals surface area contributed by atoms with Crippen LogP contribution in [0.3, 0.4) is 0 Å². The van der Waals surface area contributed by atoms with Gasteiger partial charge < -0.3 is 25.3 Å². The van der Waals surface area contributed by atoms with Crippen molar-refractivity contribution in [2.24, 2.45) is 0 Å². The smallest absolute Gasteiger partial charge is 0.323 e. The third-order valence-corrected chi connectivity index (χ3v) is 5.70. The van der Waals surface area contributed by atoms with Crippen LogP contribution in [0, 0.1) is 0 Å². The van der Waals surface area contributed by atoms with Gasteiger partial charge in [0, 0.05) is 33.1 Å². The molecule has 1 amide bonds. The zero-order valence-corrected chi connectivity index (χ0v) is 22.5. The standard InChI is InChI=1S/C21H39NO3.C6H15NO3/c1-3-4-5-6-7-8-9-10-11-12-13-14-15-16-17-18-20(23)22(2)19-21(24)25;8-4-1-7(2-5-9)3-6-10/h10-11H,3-9,12-19H2,1-2H3,(H,24,25);8-10H,1-6H2/b11-10-;. The Bertz CT molecular complexity index is 488. The average molecular weight is 503 g/mol. The maximum Gasteiger partial charge on any atom is 0.323 e. The summed E-state index contributed by atoms with van der Waals surface area (Å²) in [5.41, 5.74) is 0. The van der Waals surface area contributed by atoms with Crippen molar-refractivity contribution in [3.8, 4) is 0 Å². The van der Waals surface area contributed by atoms with Crippen LogP contribution in [-0.4, -0.2) is 95.1 Å². The van der Waals surface area contributed by atoms with E-state index in [0.717, 1.165) is 25.7 Å². The lowest BCUT2D eigenvalue weighted by Crippen LogP contribution is -2.32. The first-order chi connectivity index (χ1) is 16.9. The predicted octanol–water partition coefficient (Wildman–Crippen LogP) is 3.83. The number of hydrogen-bond acceptors (Lipinski definition) is 6. The van der Waals surface area contributed by atoms with Crippen LogP contribution < -0.4 is 0 Å². The Kier molecular flexibility index (Phi) is 29.3. The molecule has 0 aliphatic carbocycles. The topological polar surface area (TPSA) is 122 Å². The van der Waals surface area contributed by atoms with Gasteiger partial charge in [0.15, 0.2) is 0 Å². The molecule has 8 nitrogen and oxygen atoms in total. The fourth-order valence-electron chi connectivity index (χ4n) is 3.59. The number of carbonyl (C=O) groups is 2. The molecule has 0 unspecified atom stereocenters. The number of nitrogens with zero attached hydrogens (tertiary/aromatic N) is 2. The molecule has 0 aromatic carbocycles. The lowest BCUT2D eigenvalue weighted by Gasteiger charge is -2.17. The Morgan fingerprint density at radius 3 is 1.54 bits per heavy atom. The summed E-state index contributed by atoms with van der Waals surface area (Å²) in [6.45, 7) is 3.80. The Balaban J connectivity index is 0. The first kappa shape index (κ1) is 35.7. The van der Waals surface area contributed by atoms with Gasteiger partial charge in [0.1, 0.15) is 6.54 Å². The number of hydrogen-bond donors (Lipinski definition) is 4. The molecule has 0 aromatic rings. The van der Waals surface area contributed by atoms with Crippen molar-refractivity contribution < 1.29 is 30.0 Å². The average Bonchev–Trinajstić information content (AvgIpc) is 2.82. The number of carboxylic acid groups (broad SMARTS) is 1. The predicted molar refractivity (Wildman–Crippen MR) is 142 cm³/mol. The summed E-state index contributed by atoms with van der Waals surface area (Å²) in [6.07, 6.45) is 21.1. The number of aliphatic hydroxyl groups excluding tert-OH is 3. The molecule has 0 bridgehead atoms. The highest BCUT2D eigenvalue weighted by molar-refractivity contribution is 5.80. The molecular formula is C27H54N2O6. The summed E-state index contributed by atoms with van der Waals surface area (Å²) in [6, 6.07) is 0. The van der Waals surface area contributed by atoms with Crippen molar-refractivity contribution in [2.75, 3.05) is 53.0 Å². The van der Waals surface area contributed by atoms with E-state index in [4.69, 9.17) is 20.4 Å². The Morgan fingerprint density at radius 2 is 1.11 bits per heavy atom. The van der Waals surface area contributed by atoms with Gasteiger partial charge >= 0.3 is 5.97 Å². The van der Waals surface area contributed by atoms with Gasteiger partial charge in [0.25, 0.3) is 0 Å². The maximum absolute atomic E-state index is 11.7. The van der Waals surface area contributed by atoms with Gasteiger partial charge in [-0.1, -0.05) is 70.4 Å². The van der Waals surface area contributed by atoms with E-state index in [9.17, 15) is 9.59 Å². The molecule has 4 N–H and O–H groups in total. The van der Waals surface area contributed by atoms with E-state index in [1.54, 1.807) is 11.9 Å². The molecule has 35 heavy (non-hydrogen) atoms.